The van der Waals surface area contributed by atoms with Gasteiger partial charge in [-0.15, -0.1) is 0 Å². The lowest BCUT2D eigenvalue weighted by molar-refractivity contribution is -0.384. The second kappa shape index (κ2) is 10.1. The Balaban J connectivity index is 0.000000433. The second-order valence-corrected chi connectivity index (χ2v) is 5.42. The highest BCUT2D eigenvalue weighted by atomic mass is 35.5. The van der Waals surface area contributed by atoms with Crippen molar-refractivity contribution in [1.29, 1.82) is 0 Å². The van der Waals surface area contributed by atoms with E-state index in [1.165, 1.54) is 24.3 Å². The van der Waals surface area contributed by atoms with Crippen LogP contribution < -0.4 is 4.74 Å². The molecule has 22 heavy (non-hydrogen) atoms. The van der Waals surface area contributed by atoms with Gasteiger partial charge in [0.1, 0.15) is 5.75 Å². The SMILES string of the molecule is CCN(C(C)C)C(C)C.O=C(Cl)Oc1ccc([N+](=O)[O-])cc1. The van der Waals surface area contributed by atoms with Crippen LogP contribution in [0, 0.1) is 10.1 Å². The van der Waals surface area contributed by atoms with E-state index >= 15 is 0 Å². The zero-order chi connectivity index (χ0) is 17.3. The van der Waals surface area contributed by atoms with Crippen molar-refractivity contribution in [1.82, 2.24) is 4.90 Å². The number of hydrogen-bond acceptors (Lipinski definition) is 5. The molecule has 7 heteroatoms. The highest BCUT2D eigenvalue weighted by molar-refractivity contribution is 6.61. The lowest BCUT2D eigenvalue weighted by Gasteiger charge is -2.28. The van der Waals surface area contributed by atoms with Gasteiger partial charge in [0.15, 0.2) is 0 Å². The number of nitro groups is 1. The predicted octanol–water partition coefficient (Wildman–Crippen LogP) is 4.46. The maximum atomic E-state index is 10.2. The van der Waals surface area contributed by atoms with Crippen LogP contribution in [0.15, 0.2) is 24.3 Å². The third-order valence-corrected chi connectivity index (χ3v) is 3.01. The van der Waals surface area contributed by atoms with E-state index in [2.05, 4.69) is 44.3 Å². The molecule has 0 atom stereocenters. The average molecular weight is 331 g/mol. The summed E-state index contributed by atoms with van der Waals surface area (Å²) < 4.78 is 4.45. The summed E-state index contributed by atoms with van der Waals surface area (Å²) >= 11 is 4.92. The van der Waals surface area contributed by atoms with Crippen LogP contribution in [0.5, 0.6) is 5.75 Å². The number of ether oxygens (including phenoxy) is 1. The van der Waals surface area contributed by atoms with E-state index in [9.17, 15) is 14.9 Å². The van der Waals surface area contributed by atoms with Crippen LogP contribution in [-0.4, -0.2) is 33.9 Å². The van der Waals surface area contributed by atoms with Crippen molar-refractivity contribution in [3.8, 4) is 5.75 Å². The summed E-state index contributed by atoms with van der Waals surface area (Å²) in [5.74, 6) is 0.172. The number of nitro benzene ring substituents is 1. The van der Waals surface area contributed by atoms with E-state index in [1.54, 1.807) is 0 Å². The third kappa shape index (κ3) is 7.95. The van der Waals surface area contributed by atoms with Crippen molar-refractivity contribution in [2.75, 3.05) is 6.54 Å². The molecule has 0 spiro atoms. The van der Waals surface area contributed by atoms with Crippen molar-refractivity contribution in [2.45, 2.75) is 46.7 Å². The molecule has 0 fully saturated rings. The molecule has 0 amide bonds. The number of carbonyl (C=O) groups excluding carboxylic acids is 1. The number of hydrogen-bond donors (Lipinski definition) is 0. The minimum Gasteiger partial charge on any atom is -0.414 e. The molecule has 124 valence electrons. The van der Waals surface area contributed by atoms with Gasteiger partial charge in [-0.2, -0.15) is 0 Å². The number of benzene rings is 1. The fourth-order valence-electron chi connectivity index (χ4n) is 2.06. The van der Waals surface area contributed by atoms with E-state index in [0.29, 0.717) is 12.1 Å². The van der Waals surface area contributed by atoms with Crippen LogP contribution in [0.3, 0.4) is 0 Å². The Labute approximate surface area is 136 Å². The molecule has 0 aliphatic rings. The minimum atomic E-state index is -0.978. The molecule has 1 aromatic rings. The average Bonchev–Trinajstić information content (AvgIpc) is 2.39. The Bertz CT molecular complexity index is 467. The van der Waals surface area contributed by atoms with Crippen LogP contribution in [0.1, 0.15) is 34.6 Å². The number of carbonyl (C=O) groups is 1. The molecule has 0 saturated carbocycles. The molecular formula is C15H23ClN2O4. The predicted molar refractivity (Wildman–Crippen MR) is 87.6 cm³/mol. The maximum absolute atomic E-state index is 10.2. The normalized spacial score (nSPS) is 10.4. The van der Waals surface area contributed by atoms with Crippen LogP contribution in [0.4, 0.5) is 10.5 Å². The first kappa shape index (κ1) is 20.3. The van der Waals surface area contributed by atoms with Crippen molar-refractivity contribution < 1.29 is 14.5 Å². The Morgan fingerprint density at radius 1 is 1.23 bits per heavy atom. The highest BCUT2D eigenvalue weighted by Crippen LogP contribution is 2.17. The zero-order valence-electron chi connectivity index (χ0n) is 13.6. The van der Waals surface area contributed by atoms with Gasteiger partial charge in [-0.05, 0) is 46.4 Å². The number of halogens is 1. The molecule has 0 aromatic heterocycles. The standard InChI is InChI=1S/C8H19N.C7H4ClNO4/c1-6-9(7(2)3)8(4)5;8-7(10)13-6-3-1-5(2-4-6)9(11)12/h7-8H,6H2,1-5H3;1-4H. The van der Waals surface area contributed by atoms with Gasteiger partial charge in [-0.3, -0.25) is 15.0 Å². The molecule has 0 aliphatic heterocycles. The molecule has 0 aliphatic carbocycles. The number of rotatable bonds is 5. The quantitative estimate of drug-likeness (QED) is 0.453. The molecule has 0 bridgehead atoms. The van der Waals surface area contributed by atoms with Crippen LogP contribution in [0.25, 0.3) is 0 Å². The van der Waals surface area contributed by atoms with E-state index < -0.39 is 10.4 Å². The van der Waals surface area contributed by atoms with Crippen molar-refractivity contribution in [2.24, 2.45) is 0 Å². The van der Waals surface area contributed by atoms with Crippen LogP contribution >= 0.6 is 11.6 Å². The van der Waals surface area contributed by atoms with Gasteiger partial charge in [0.25, 0.3) is 5.69 Å². The van der Waals surface area contributed by atoms with Gasteiger partial charge in [-0.1, -0.05) is 6.92 Å². The molecule has 0 heterocycles. The molecule has 1 aromatic carbocycles. The first-order valence-electron chi connectivity index (χ1n) is 7.06. The van der Waals surface area contributed by atoms with E-state index in [0.717, 1.165) is 6.54 Å². The summed E-state index contributed by atoms with van der Waals surface area (Å²) in [6, 6.07) is 6.39. The molecule has 0 radical (unpaired) electrons. The fraction of sp³-hybridized carbons (Fsp3) is 0.533. The minimum absolute atomic E-state index is 0.0747. The van der Waals surface area contributed by atoms with Gasteiger partial charge in [0.05, 0.1) is 4.92 Å². The van der Waals surface area contributed by atoms with Gasteiger partial charge >= 0.3 is 5.43 Å². The number of nitrogens with zero attached hydrogens (tertiary/aromatic N) is 2. The van der Waals surface area contributed by atoms with Gasteiger partial charge in [-0.25, -0.2) is 4.79 Å². The van der Waals surface area contributed by atoms with Crippen molar-refractivity contribution in [3.05, 3.63) is 34.4 Å². The Morgan fingerprint density at radius 3 is 1.91 bits per heavy atom. The molecule has 6 nitrogen and oxygen atoms in total. The Kier molecular flexibility index (Phi) is 9.37. The van der Waals surface area contributed by atoms with Gasteiger partial charge in [0.2, 0.25) is 0 Å². The first-order valence-corrected chi connectivity index (χ1v) is 7.44. The van der Waals surface area contributed by atoms with E-state index in [1.807, 2.05) is 0 Å². The summed E-state index contributed by atoms with van der Waals surface area (Å²) in [4.78, 5) is 22.4. The Hall–Kier alpha value is -1.66. The van der Waals surface area contributed by atoms with Crippen LogP contribution in [0.2, 0.25) is 0 Å². The topological polar surface area (TPSA) is 72.7 Å². The lowest BCUT2D eigenvalue weighted by Crippen LogP contribution is -2.36. The number of non-ortho nitro benzene ring substituents is 1. The summed E-state index contributed by atoms with van der Waals surface area (Å²) in [7, 11) is 0. The van der Waals surface area contributed by atoms with Crippen molar-refractivity contribution >= 4 is 22.7 Å². The largest absolute Gasteiger partial charge is 0.414 e. The molecule has 1 rings (SSSR count). The summed E-state index contributed by atoms with van der Waals surface area (Å²) in [5.41, 5.74) is -1.05. The summed E-state index contributed by atoms with van der Waals surface area (Å²) in [6.45, 7) is 12.3. The van der Waals surface area contributed by atoms with Crippen molar-refractivity contribution in [3.63, 3.8) is 0 Å². The van der Waals surface area contributed by atoms with E-state index in [-0.39, 0.29) is 11.4 Å². The fourth-order valence-corrected chi connectivity index (χ4v) is 2.14. The van der Waals surface area contributed by atoms with Crippen LogP contribution in [-0.2, 0) is 0 Å². The second-order valence-electron chi connectivity index (χ2n) is 5.11. The van der Waals surface area contributed by atoms with E-state index in [4.69, 9.17) is 11.6 Å². The lowest BCUT2D eigenvalue weighted by atomic mass is 10.2. The third-order valence-electron chi connectivity index (χ3n) is 2.94. The molecule has 0 saturated heterocycles. The molecule has 0 N–H and O–H groups in total. The van der Waals surface area contributed by atoms with Gasteiger partial charge in [0, 0.05) is 35.8 Å². The molecular weight excluding hydrogens is 308 g/mol. The first-order chi connectivity index (χ1) is 10.2. The smallest absolute Gasteiger partial charge is 0.409 e. The Morgan fingerprint density at radius 2 is 1.68 bits per heavy atom. The highest BCUT2D eigenvalue weighted by Gasteiger charge is 2.09. The maximum Gasteiger partial charge on any atom is 0.409 e. The monoisotopic (exact) mass is 330 g/mol. The molecule has 0 unspecified atom stereocenters. The summed E-state index contributed by atoms with van der Waals surface area (Å²) in [5, 5.41) is 10.2. The zero-order valence-corrected chi connectivity index (χ0v) is 14.3. The van der Waals surface area contributed by atoms with Gasteiger partial charge < -0.3 is 4.74 Å². The summed E-state index contributed by atoms with van der Waals surface area (Å²) in [6.07, 6.45) is 0.